The molecule has 3 heterocycles. The molecular weight excluding hydrogens is 376 g/mol. The van der Waals surface area contributed by atoms with Gasteiger partial charge in [0.1, 0.15) is 11.3 Å². The van der Waals surface area contributed by atoms with Crippen LogP contribution in [0.25, 0.3) is 22.1 Å². The Labute approximate surface area is 177 Å². The van der Waals surface area contributed by atoms with Crippen LogP contribution in [0.5, 0.6) is 0 Å². The predicted octanol–water partition coefficient (Wildman–Crippen LogP) is 4.21. The fourth-order valence-electron chi connectivity index (χ4n) is 4.42. The third-order valence-corrected chi connectivity index (χ3v) is 6.21. The van der Waals surface area contributed by atoms with Crippen LogP contribution in [-0.2, 0) is 11.2 Å². The smallest absolute Gasteiger partial charge is 0.254 e. The Kier molecular flexibility index (Phi) is 5.56. The van der Waals surface area contributed by atoms with Gasteiger partial charge < -0.3 is 19.0 Å². The summed E-state index contributed by atoms with van der Waals surface area (Å²) in [6.07, 6.45) is 3.60. The van der Waals surface area contributed by atoms with Gasteiger partial charge in [0.25, 0.3) is 5.91 Å². The molecule has 5 heteroatoms. The van der Waals surface area contributed by atoms with E-state index in [9.17, 15) is 4.79 Å². The van der Waals surface area contributed by atoms with Crippen LogP contribution in [0, 0.1) is 0 Å². The fraction of sp³-hybridized carbons (Fsp3) is 0.400. The molecule has 0 atom stereocenters. The Hall–Kier alpha value is -2.63. The van der Waals surface area contributed by atoms with E-state index in [4.69, 9.17) is 9.15 Å². The lowest BCUT2D eigenvalue weighted by Crippen LogP contribution is -2.40. The van der Waals surface area contributed by atoms with Crippen molar-refractivity contribution in [2.45, 2.75) is 19.3 Å². The van der Waals surface area contributed by atoms with Crippen molar-refractivity contribution in [2.24, 2.45) is 0 Å². The van der Waals surface area contributed by atoms with Gasteiger partial charge in [-0.3, -0.25) is 4.79 Å². The van der Waals surface area contributed by atoms with Gasteiger partial charge >= 0.3 is 0 Å². The average molecular weight is 405 g/mol. The SMILES string of the molecule is O=C(c1ccc(-c2ccc3cc(CCN4CCCC4)oc3c2)cc1)N1CCOCC1. The summed E-state index contributed by atoms with van der Waals surface area (Å²) in [7, 11) is 0. The highest BCUT2D eigenvalue weighted by atomic mass is 16.5. The molecule has 0 radical (unpaired) electrons. The number of hydrogen-bond donors (Lipinski definition) is 0. The molecule has 1 aromatic heterocycles. The fourth-order valence-corrected chi connectivity index (χ4v) is 4.42. The minimum atomic E-state index is 0.0778. The van der Waals surface area contributed by atoms with Crippen LogP contribution in [0.1, 0.15) is 29.0 Å². The zero-order valence-corrected chi connectivity index (χ0v) is 17.3. The quantitative estimate of drug-likeness (QED) is 0.639. The minimum absolute atomic E-state index is 0.0778. The molecule has 1 amide bonds. The van der Waals surface area contributed by atoms with Crippen LogP contribution >= 0.6 is 0 Å². The summed E-state index contributed by atoms with van der Waals surface area (Å²) in [5.41, 5.74) is 3.85. The van der Waals surface area contributed by atoms with E-state index >= 15 is 0 Å². The van der Waals surface area contributed by atoms with Crippen molar-refractivity contribution < 1.29 is 13.9 Å². The number of nitrogens with zero attached hydrogens (tertiary/aromatic N) is 2. The second-order valence-electron chi connectivity index (χ2n) is 8.25. The van der Waals surface area contributed by atoms with Gasteiger partial charge in [0.15, 0.2) is 0 Å². The summed E-state index contributed by atoms with van der Waals surface area (Å²) in [4.78, 5) is 17.0. The van der Waals surface area contributed by atoms with Crippen LogP contribution in [0.15, 0.2) is 52.9 Å². The second kappa shape index (κ2) is 8.62. The molecule has 0 aliphatic carbocycles. The summed E-state index contributed by atoms with van der Waals surface area (Å²) in [5.74, 6) is 1.13. The van der Waals surface area contributed by atoms with Crippen molar-refractivity contribution in [1.82, 2.24) is 9.80 Å². The largest absolute Gasteiger partial charge is 0.461 e. The first-order valence-corrected chi connectivity index (χ1v) is 11.0. The van der Waals surface area contributed by atoms with E-state index in [2.05, 4.69) is 29.2 Å². The van der Waals surface area contributed by atoms with E-state index in [0.717, 1.165) is 46.4 Å². The molecule has 156 valence electrons. The summed E-state index contributed by atoms with van der Waals surface area (Å²) in [6.45, 7) is 6.07. The third kappa shape index (κ3) is 4.13. The van der Waals surface area contributed by atoms with Crippen molar-refractivity contribution >= 4 is 16.9 Å². The lowest BCUT2D eigenvalue weighted by Gasteiger charge is -2.26. The van der Waals surface area contributed by atoms with Gasteiger partial charge in [-0.15, -0.1) is 0 Å². The highest BCUT2D eigenvalue weighted by molar-refractivity contribution is 5.95. The van der Waals surface area contributed by atoms with Gasteiger partial charge in [0.2, 0.25) is 0 Å². The summed E-state index contributed by atoms with van der Waals surface area (Å²) < 4.78 is 11.5. The molecule has 2 aliphatic heterocycles. The zero-order valence-electron chi connectivity index (χ0n) is 17.3. The number of carbonyl (C=O) groups is 1. The number of carbonyl (C=O) groups excluding carboxylic acids is 1. The first-order chi connectivity index (χ1) is 14.8. The second-order valence-corrected chi connectivity index (χ2v) is 8.25. The average Bonchev–Trinajstić information content (AvgIpc) is 3.47. The van der Waals surface area contributed by atoms with E-state index in [0.29, 0.717) is 26.3 Å². The molecule has 0 saturated carbocycles. The Balaban J connectivity index is 1.29. The molecule has 3 aromatic rings. The van der Waals surface area contributed by atoms with Gasteiger partial charge in [-0.25, -0.2) is 0 Å². The number of hydrogen-bond acceptors (Lipinski definition) is 4. The molecular formula is C25H28N2O3. The summed E-state index contributed by atoms with van der Waals surface area (Å²) >= 11 is 0. The van der Waals surface area contributed by atoms with Crippen molar-refractivity contribution in [3.05, 3.63) is 59.9 Å². The van der Waals surface area contributed by atoms with Crippen LogP contribution in [0.3, 0.4) is 0 Å². The van der Waals surface area contributed by atoms with Crippen molar-refractivity contribution in [3.63, 3.8) is 0 Å². The lowest BCUT2D eigenvalue weighted by molar-refractivity contribution is 0.0303. The monoisotopic (exact) mass is 404 g/mol. The Morgan fingerprint density at radius 3 is 2.37 bits per heavy atom. The predicted molar refractivity (Wildman–Crippen MR) is 118 cm³/mol. The summed E-state index contributed by atoms with van der Waals surface area (Å²) in [5, 5.41) is 1.15. The molecule has 5 rings (SSSR count). The van der Waals surface area contributed by atoms with E-state index in [1.807, 2.05) is 29.2 Å². The van der Waals surface area contributed by atoms with Crippen LogP contribution < -0.4 is 0 Å². The van der Waals surface area contributed by atoms with Gasteiger partial charge in [-0.2, -0.15) is 0 Å². The molecule has 30 heavy (non-hydrogen) atoms. The number of furan rings is 1. The topological polar surface area (TPSA) is 45.9 Å². The van der Waals surface area contributed by atoms with Crippen LogP contribution in [-0.4, -0.2) is 61.6 Å². The molecule has 2 fully saturated rings. The normalized spacial score (nSPS) is 17.7. The first kappa shape index (κ1) is 19.3. The highest BCUT2D eigenvalue weighted by Gasteiger charge is 2.18. The maximum absolute atomic E-state index is 12.6. The van der Waals surface area contributed by atoms with Crippen LogP contribution in [0.2, 0.25) is 0 Å². The number of benzene rings is 2. The Morgan fingerprint density at radius 1 is 0.867 bits per heavy atom. The van der Waals surface area contributed by atoms with Crippen molar-refractivity contribution in [3.8, 4) is 11.1 Å². The van der Waals surface area contributed by atoms with E-state index in [1.165, 1.54) is 25.9 Å². The molecule has 0 bridgehead atoms. The zero-order chi connectivity index (χ0) is 20.3. The summed E-state index contributed by atoms with van der Waals surface area (Å²) in [6, 6.07) is 16.4. The van der Waals surface area contributed by atoms with Crippen LogP contribution in [0.4, 0.5) is 0 Å². The Morgan fingerprint density at radius 2 is 1.60 bits per heavy atom. The molecule has 2 aromatic carbocycles. The van der Waals surface area contributed by atoms with E-state index in [1.54, 1.807) is 0 Å². The maximum atomic E-state index is 12.6. The molecule has 0 spiro atoms. The van der Waals surface area contributed by atoms with Gasteiger partial charge in [0.05, 0.1) is 13.2 Å². The molecule has 0 N–H and O–H groups in total. The van der Waals surface area contributed by atoms with Gasteiger partial charge in [-0.05, 0) is 61.3 Å². The number of fused-ring (bicyclic) bond motifs is 1. The molecule has 0 unspecified atom stereocenters. The van der Waals surface area contributed by atoms with Gasteiger partial charge in [-0.1, -0.05) is 24.3 Å². The Bertz CT molecular complexity index is 1010. The highest BCUT2D eigenvalue weighted by Crippen LogP contribution is 2.27. The van der Waals surface area contributed by atoms with E-state index in [-0.39, 0.29) is 5.91 Å². The molecule has 2 aliphatic rings. The molecule has 2 saturated heterocycles. The number of ether oxygens (including phenoxy) is 1. The first-order valence-electron chi connectivity index (χ1n) is 11.0. The number of rotatable bonds is 5. The maximum Gasteiger partial charge on any atom is 0.254 e. The standard InChI is InChI=1S/C25H28N2O3/c28-25(27-13-15-29-16-14-27)20-5-3-19(4-6-20)21-7-8-22-17-23(30-24(22)18-21)9-12-26-10-1-2-11-26/h3-8,17-18H,1-2,9-16H2. The van der Waals surface area contributed by atoms with E-state index < -0.39 is 0 Å². The minimum Gasteiger partial charge on any atom is -0.461 e. The number of likely N-dealkylation sites (tertiary alicyclic amines) is 1. The number of amides is 1. The van der Waals surface area contributed by atoms with Gasteiger partial charge in [0, 0.05) is 37.0 Å². The lowest BCUT2D eigenvalue weighted by atomic mass is 10.0. The van der Waals surface area contributed by atoms with Crippen molar-refractivity contribution in [2.75, 3.05) is 45.9 Å². The number of morpholine rings is 1. The van der Waals surface area contributed by atoms with Crippen molar-refractivity contribution in [1.29, 1.82) is 0 Å². The third-order valence-electron chi connectivity index (χ3n) is 6.21. The molecule has 5 nitrogen and oxygen atoms in total.